The summed E-state index contributed by atoms with van der Waals surface area (Å²) in [6.07, 6.45) is 0.114. The number of halogens is 2. The molecule has 0 saturated heterocycles. The molecule has 8 heavy (non-hydrogen) atoms. The number of ether oxygens (including phenoxy) is 1. The zero-order valence-corrected chi connectivity index (χ0v) is 6.12. The van der Waals surface area contributed by atoms with Gasteiger partial charge >= 0.3 is 0 Å². The molecule has 0 aromatic carbocycles. The van der Waals surface area contributed by atoms with E-state index in [0.717, 1.165) is 0 Å². The molecule has 0 heterocycles. The summed E-state index contributed by atoms with van der Waals surface area (Å²) in [5.74, 6) is 0. The van der Waals surface area contributed by atoms with Crippen LogP contribution in [0, 0.1) is 0 Å². The van der Waals surface area contributed by atoms with Crippen LogP contribution in [-0.2, 0) is 4.74 Å². The molecule has 2 atom stereocenters. The molecule has 2 unspecified atom stereocenters. The molecule has 0 spiro atoms. The van der Waals surface area contributed by atoms with Gasteiger partial charge in [0.2, 0.25) is 0 Å². The van der Waals surface area contributed by atoms with Crippen LogP contribution in [0.15, 0.2) is 0 Å². The fraction of sp³-hybridized carbons (Fsp3) is 1.00. The summed E-state index contributed by atoms with van der Waals surface area (Å²) in [5.41, 5.74) is 0. The third kappa shape index (κ3) is 1.09. The minimum absolute atomic E-state index is 0.0524. The summed E-state index contributed by atoms with van der Waals surface area (Å²) in [5, 5.41) is 0.105. The van der Waals surface area contributed by atoms with Crippen molar-refractivity contribution < 1.29 is 4.74 Å². The van der Waals surface area contributed by atoms with Gasteiger partial charge in [0.15, 0.2) is 0 Å². The fourth-order valence-corrected chi connectivity index (χ4v) is 1.24. The van der Waals surface area contributed by atoms with Gasteiger partial charge in [-0.25, -0.2) is 0 Å². The summed E-state index contributed by atoms with van der Waals surface area (Å²) in [4.78, 5) is 0. The lowest BCUT2D eigenvalue weighted by Gasteiger charge is -1.92. The lowest BCUT2D eigenvalue weighted by atomic mass is 10.8. The van der Waals surface area contributed by atoms with Crippen molar-refractivity contribution in [2.45, 2.75) is 23.8 Å². The van der Waals surface area contributed by atoms with Gasteiger partial charge in [-0.3, -0.25) is 0 Å². The Bertz CT molecular complexity index is 78.5. The Kier molecular flexibility index (Phi) is 2.02. The van der Waals surface area contributed by atoms with E-state index in [9.17, 15) is 0 Å². The molecule has 0 amide bonds. The first-order chi connectivity index (χ1) is 3.77. The maximum atomic E-state index is 5.62. The molecule has 0 N–H and O–H groups in total. The number of hydrogen-bond acceptors (Lipinski definition) is 1. The third-order valence-corrected chi connectivity index (χ3v) is 2.32. The molecule has 0 aliphatic heterocycles. The van der Waals surface area contributed by atoms with Crippen LogP contribution in [0.2, 0.25) is 0 Å². The predicted octanol–water partition coefficient (Wildman–Crippen LogP) is 1.62. The Morgan fingerprint density at radius 3 is 2.00 bits per heavy atom. The van der Waals surface area contributed by atoms with E-state index >= 15 is 0 Å². The molecule has 48 valence electrons. The Balaban J connectivity index is 2.13. The zero-order valence-electron chi connectivity index (χ0n) is 4.60. The molecule has 3 heteroatoms. The summed E-state index contributed by atoms with van der Waals surface area (Å²) < 4.78 is 5.11. The standard InChI is InChI=1S/C5H8Cl2O/c1-2-8-5-3(6)4(5)7/h3-5H,2H2,1H3. The summed E-state index contributed by atoms with van der Waals surface area (Å²) >= 11 is 11.2. The molecule has 0 aromatic rings. The number of alkyl halides is 2. The Labute approximate surface area is 58.9 Å². The van der Waals surface area contributed by atoms with Crippen LogP contribution in [0.1, 0.15) is 6.92 Å². The van der Waals surface area contributed by atoms with Gasteiger partial charge in [0.25, 0.3) is 0 Å². The van der Waals surface area contributed by atoms with Crippen LogP contribution in [0.25, 0.3) is 0 Å². The maximum absolute atomic E-state index is 5.62. The first kappa shape index (κ1) is 6.66. The molecular weight excluding hydrogens is 147 g/mol. The van der Waals surface area contributed by atoms with Crippen LogP contribution >= 0.6 is 23.2 Å². The van der Waals surface area contributed by atoms with Gasteiger partial charge in [0.1, 0.15) is 0 Å². The van der Waals surface area contributed by atoms with Crippen LogP contribution in [-0.4, -0.2) is 23.5 Å². The van der Waals surface area contributed by atoms with Gasteiger partial charge in [0.05, 0.1) is 16.9 Å². The van der Waals surface area contributed by atoms with E-state index in [2.05, 4.69) is 0 Å². The molecule has 1 nitrogen and oxygen atoms in total. The highest BCUT2D eigenvalue weighted by molar-refractivity contribution is 6.35. The van der Waals surface area contributed by atoms with E-state index < -0.39 is 0 Å². The molecule has 0 bridgehead atoms. The van der Waals surface area contributed by atoms with Crippen molar-refractivity contribution in [3.05, 3.63) is 0 Å². The first-order valence-electron chi connectivity index (χ1n) is 2.67. The highest BCUT2D eigenvalue weighted by Gasteiger charge is 2.48. The second-order valence-electron chi connectivity index (χ2n) is 1.81. The van der Waals surface area contributed by atoms with E-state index in [1.807, 2.05) is 6.92 Å². The number of hydrogen-bond donors (Lipinski definition) is 0. The Morgan fingerprint density at radius 2 is 1.88 bits per heavy atom. The molecule has 1 aliphatic rings. The average molecular weight is 155 g/mol. The van der Waals surface area contributed by atoms with E-state index in [1.165, 1.54) is 0 Å². The van der Waals surface area contributed by atoms with Gasteiger partial charge in [-0.15, -0.1) is 23.2 Å². The van der Waals surface area contributed by atoms with Crippen molar-refractivity contribution in [1.29, 1.82) is 0 Å². The normalized spacial score (nSPS) is 44.6. The maximum Gasteiger partial charge on any atom is 0.0932 e. The lowest BCUT2D eigenvalue weighted by Crippen LogP contribution is -1.95. The largest absolute Gasteiger partial charge is 0.375 e. The highest BCUT2D eigenvalue weighted by Crippen LogP contribution is 2.37. The van der Waals surface area contributed by atoms with Gasteiger partial charge in [0, 0.05) is 6.61 Å². The quantitative estimate of drug-likeness (QED) is 0.550. The summed E-state index contributed by atoms with van der Waals surface area (Å²) in [6.45, 7) is 2.64. The Hall–Kier alpha value is 0.540. The van der Waals surface area contributed by atoms with E-state index in [-0.39, 0.29) is 16.9 Å². The van der Waals surface area contributed by atoms with Crippen LogP contribution in [0.3, 0.4) is 0 Å². The average Bonchev–Trinajstić information content (AvgIpc) is 2.25. The second-order valence-corrected chi connectivity index (χ2v) is 2.82. The van der Waals surface area contributed by atoms with Crippen molar-refractivity contribution >= 4 is 23.2 Å². The van der Waals surface area contributed by atoms with Crippen LogP contribution in [0.5, 0.6) is 0 Å². The zero-order chi connectivity index (χ0) is 6.15. The van der Waals surface area contributed by atoms with Gasteiger partial charge in [-0.05, 0) is 6.92 Å². The van der Waals surface area contributed by atoms with Crippen LogP contribution < -0.4 is 0 Å². The topological polar surface area (TPSA) is 9.23 Å². The summed E-state index contributed by atoms with van der Waals surface area (Å²) in [6, 6.07) is 0. The van der Waals surface area contributed by atoms with Crippen molar-refractivity contribution in [2.24, 2.45) is 0 Å². The predicted molar refractivity (Wildman–Crippen MR) is 34.7 cm³/mol. The molecule has 0 radical (unpaired) electrons. The van der Waals surface area contributed by atoms with Crippen molar-refractivity contribution in [1.82, 2.24) is 0 Å². The lowest BCUT2D eigenvalue weighted by molar-refractivity contribution is 0.134. The fourth-order valence-electron chi connectivity index (χ4n) is 0.593. The molecular formula is C5H8Cl2O. The van der Waals surface area contributed by atoms with E-state index in [4.69, 9.17) is 27.9 Å². The van der Waals surface area contributed by atoms with Crippen LogP contribution in [0.4, 0.5) is 0 Å². The first-order valence-corrected chi connectivity index (χ1v) is 3.54. The molecule has 0 aromatic heterocycles. The minimum atomic E-state index is 0.0524. The molecule has 1 fully saturated rings. The van der Waals surface area contributed by atoms with Gasteiger partial charge in [-0.2, -0.15) is 0 Å². The SMILES string of the molecule is CCOC1C(Cl)C1Cl. The molecule has 1 saturated carbocycles. The molecule has 1 rings (SSSR count). The number of rotatable bonds is 2. The van der Waals surface area contributed by atoms with Crippen molar-refractivity contribution in [3.63, 3.8) is 0 Å². The van der Waals surface area contributed by atoms with E-state index in [1.54, 1.807) is 0 Å². The highest BCUT2D eigenvalue weighted by atomic mass is 35.5. The van der Waals surface area contributed by atoms with Crippen molar-refractivity contribution in [3.8, 4) is 0 Å². The van der Waals surface area contributed by atoms with Gasteiger partial charge in [-0.1, -0.05) is 0 Å². The smallest absolute Gasteiger partial charge is 0.0932 e. The van der Waals surface area contributed by atoms with E-state index in [0.29, 0.717) is 6.61 Å². The summed E-state index contributed by atoms with van der Waals surface area (Å²) in [7, 11) is 0. The molecule has 1 aliphatic carbocycles. The monoisotopic (exact) mass is 154 g/mol. The van der Waals surface area contributed by atoms with Gasteiger partial charge < -0.3 is 4.74 Å². The second kappa shape index (κ2) is 2.42. The van der Waals surface area contributed by atoms with Crippen molar-refractivity contribution in [2.75, 3.05) is 6.61 Å². The minimum Gasteiger partial charge on any atom is -0.375 e. The third-order valence-electron chi connectivity index (χ3n) is 1.15. The Morgan fingerprint density at radius 1 is 1.38 bits per heavy atom.